The molecule has 0 aliphatic carbocycles. The summed E-state index contributed by atoms with van der Waals surface area (Å²) in [5.41, 5.74) is 0. The zero-order chi connectivity index (χ0) is 59.4. The molecule has 80 heavy (non-hydrogen) atoms. The summed E-state index contributed by atoms with van der Waals surface area (Å²) in [7, 11) is -9.87. The van der Waals surface area contributed by atoms with Gasteiger partial charge in [-0.3, -0.25) is 37.3 Å². The lowest BCUT2D eigenvalue weighted by Crippen LogP contribution is -2.30. The minimum Gasteiger partial charge on any atom is -0.462 e. The summed E-state index contributed by atoms with van der Waals surface area (Å²) in [6, 6.07) is 0. The van der Waals surface area contributed by atoms with E-state index < -0.39 is 97.5 Å². The molecule has 0 fully saturated rings. The SMILES string of the molecule is CCCCCCCCCC(=O)O[C@H](COC(=O)CCCCCCC)COP(=O)(O)OC[C@H](O)COP(=O)(O)OC[C@@H](COC(=O)CCCCCCCCCCCCC(C)CC)OC(=O)CCCCCCCCCCCCC(C)CC. The van der Waals surface area contributed by atoms with Crippen molar-refractivity contribution < 1.29 is 80.2 Å². The van der Waals surface area contributed by atoms with Gasteiger partial charge in [0, 0.05) is 25.7 Å². The maximum Gasteiger partial charge on any atom is 0.472 e. The van der Waals surface area contributed by atoms with E-state index in [4.69, 9.17) is 37.0 Å². The van der Waals surface area contributed by atoms with Crippen LogP contribution in [0.3, 0.4) is 0 Å². The Hall–Kier alpha value is -1.94. The highest BCUT2D eigenvalue weighted by atomic mass is 31.2. The fourth-order valence-corrected chi connectivity index (χ4v) is 10.5. The molecule has 0 heterocycles. The van der Waals surface area contributed by atoms with E-state index in [9.17, 15) is 43.2 Å². The molecule has 17 nitrogen and oxygen atoms in total. The summed E-state index contributed by atoms with van der Waals surface area (Å²) in [6.07, 6.45) is 35.2. The summed E-state index contributed by atoms with van der Waals surface area (Å²) in [4.78, 5) is 71.7. The van der Waals surface area contributed by atoms with Crippen molar-refractivity contribution in [2.45, 2.75) is 317 Å². The van der Waals surface area contributed by atoms with Gasteiger partial charge in [-0.2, -0.15) is 0 Å². The van der Waals surface area contributed by atoms with E-state index in [1.807, 2.05) is 0 Å². The first-order valence-corrected chi connectivity index (χ1v) is 35.1. The third-order valence-electron chi connectivity index (χ3n) is 14.7. The van der Waals surface area contributed by atoms with Crippen LogP contribution >= 0.6 is 15.6 Å². The zero-order valence-electron chi connectivity index (χ0n) is 51.4. The molecule has 0 aliphatic heterocycles. The molecule has 4 unspecified atom stereocenters. The summed E-state index contributed by atoms with van der Waals surface area (Å²) >= 11 is 0. The first-order valence-electron chi connectivity index (χ1n) is 32.1. The summed E-state index contributed by atoms with van der Waals surface area (Å²) < 4.78 is 67.6. The van der Waals surface area contributed by atoms with E-state index in [1.54, 1.807) is 0 Å². The Morgan fingerprint density at radius 3 is 0.887 bits per heavy atom. The van der Waals surface area contributed by atoms with Crippen molar-refractivity contribution in [2.75, 3.05) is 39.6 Å². The Kier molecular flexibility index (Phi) is 52.5. The van der Waals surface area contributed by atoms with Crippen molar-refractivity contribution in [1.82, 2.24) is 0 Å². The van der Waals surface area contributed by atoms with Crippen molar-refractivity contribution in [2.24, 2.45) is 11.8 Å². The van der Waals surface area contributed by atoms with Gasteiger partial charge in [-0.05, 0) is 37.5 Å². The normalized spacial score (nSPS) is 15.1. The molecule has 0 amide bonds. The van der Waals surface area contributed by atoms with Gasteiger partial charge in [-0.1, -0.05) is 247 Å². The van der Waals surface area contributed by atoms with Crippen LogP contribution in [-0.4, -0.2) is 96.7 Å². The maximum atomic E-state index is 12.9. The average Bonchev–Trinajstić information content (AvgIpc) is 3.43. The van der Waals surface area contributed by atoms with Crippen molar-refractivity contribution in [1.29, 1.82) is 0 Å². The standard InChI is InChI=1S/C61H118O17P2/c1-7-11-13-15-24-33-39-45-60(65)77-56(49-71-58(63)43-37-29-14-12-8-2)51-75-79(67,68)73-47-55(62)48-74-80(69,70)76-52-57(78-61(66)46-40-34-28-23-19-17-21-26-31-36-42-54(6)10-4)50-72-59(64)44-38-32-27-22-18-16-20-25-30-35-41-53(5)9-3/h53-57,62H,7-52H2,1-6H3,(H,67,68)(H,69,70)/t53?,54?,55-,56+,57+/m0/s1. The van der Waals surface area contributed by atoms with E-state index in [1.165, 1.54) is 96.3 Å². The lowest BCUT2D eigenvalue weighted by atomic mass is 9.99. The summed E-state index contributed by atoms with van der Waals surface area (Å²) in [6.45, 7) is 9.39. The molecule has 0 rings (SSSR count). The van der Waals surface area contributed by atoms with Gasteiger partial charge in [0.2, 0.25) is 0 Å². The molecule has 0 spiro atoms. The van der Waals surface area contributed by atoms with E-state index in [0.717, 1.165) is 121 Å². The zero-order valence-corrected chi connectivity index (χ0v) is 53.2. The van der Waals surface area contributed by atoms with Crippen molar-refractivity contribution in [3.63, 3.8) is 0 Å². The van der Waals surface area contributed by atoms with Crippen LogP contribution in [0.25, 0.3) is 0 Å². The lowest BCUT2D eigenvalue weighted by Gasteiger charge is -2.21. The number of phosphoric ester groups is 2. The van der Waals surface area contributed by atoms with Crippen molar-refractivity contribution >= 4 is 39.5 Å². The topological polar surface area (TPSA) is 237 Å². The van der Waals surface area contributed by atoms with Crippen LogP contribution < -0.4 is 0 Å². The third-order valence-corrected chi connectivity index (χ3v) is 16.6. The van der Waals surface area contributed by atoms with Crippen LogP contribution in [0.2, 0.25) is 0 Å². The molecule has 3 N–H and O–H groups in total. The van der Waals surface area contributed by atoms with E-state index in [0.29, 0.717) is 25.7 Å². The Balaban J connectivity index is 5.17. The smallest absolute Gasteiger partial charge is 0.462 e. The highest BCUT2D eigenvalue weighted by Gasteiger charge is 2.30. The average molecular weight is 1190 g/mol. The molecular formula is C61H118O17P2. The van der Waals surface area contributed by atoms with Gasteiger partial charge in [0.25, 0.3) is 0 Å². The number of ether oxygens (including phenoxy) is 4. The Morgan fingerprint density at radius 2 is 0.600 bits per heavy atom. The number of carbonyl (C=O) groups excluding carboxylic acids is 4. The van der Waals surface area contributed by atoms with Crippen LogP contribution in [0.15, 0.2) is 0 Å². The first kappa shape index (κ1) is 78.1. The number of rotatable bonds is 60. The Labute approximate surface area is 486 Å². The lowest BCUT2D eigenvalue weighted by molar-refractivity contribution is -0.161. The van der Waals surface area contributed by atoms with Gasteiger partial charge in [0.05, 0.1) is 26.4 Å². The molecule has 19 heteroatoms. The Bertz CT molecular complexity index is 1590. The van der Waals surface area contributed by atoms with E-state index >= 15 is 0 Å². The fourth-order valence-electron chi connectivity index (χ4n) is 8.94. The second kappa shape index (κ2) is 53.8. The number of aliphatic hydroxyl groups excluding tert-OH is 1. The van der Waals surface area contributed by atoms with Gasteiger partial charge in [-0.15, -0.1) is 0 Å². The predicted molar refractivity (Wildman–Crippen MR) is 317 cm³/mol. The molecule has 0 aromatic heterocycles. The van der Waals surface area contributed by atoms with Crippen LogP contribution in [0.1, 0.15) is 298 Å². The highest BCUT2D eigenvalue weighted by Crippen LogP contribution is 2.45. The van der Waals surface area contributed by atoms with Crippen molar-refractivity contribution in [3.8, 4) is 0 Å². The molecule has 0 aliphatic rings. The number of phosphoric acid groups is 2. The van der Waals surface area contributed by atoms with Gasteiger partial charge < -0.3 is 33.8 Å². The number of hydrogen-bond donors (Lipinski definition) is 3. The number of hydrogen-bond acceptors (Lipinski definition) is 15. The highest BCUT2D eigenvalue weighted by molar-refractivity contribution is 7.47. The monoisotopic (exact) mass is 1180 g/mol. The van der Waals surface area contributed by atoms with E-state index in [-0.39, 0.29) is 25.7 Å². The molecule has 0 bridgehead atoms. The second-order valence-corrected chi connectivity index (χ2v) is 25.5. The third kappa shape index (κ3) is 52.8. The quantitative estimate of drug-likeness (QED) is 0.0222. The molecule has 474 valence electrons. The fraction of sp³-hybridized carbons (Fsp3) is 0.934. The van der Waals surface area contributed by atoms with Gasteiger partial charge >= 0.3 is 39.5 Å². The van der Waals surface area contributed by atoms with Gasteiger partial charge in [-0.25, -0.2) is 9.13 Å². The van der Waals surface area contributed by atoms with Crippen LogP contribution in [0.4, 0.5) is 0 Å². The number of aliphatic hydroxyl groups is 1. The summed E-state index contributed by atoms with van der Waals surface area (Å²) in [5, 5.41) is 10.5. The molecule has 0 saturated heterocycles. The van der Waals surface area contributed by atoms with Crippen molar-refractivity contribution in [3.05, 3.63) is 0 Å². The minimum atomic E-state index is -4.94. The van der Waals surface area contributed by atoms with Gasteiger partial charge in [0.15, 0.2) is 12.2 Å². The molecule has 0 aromatic carbocycles. The number of esters is 4. The van der Waals surface area contributed by atoms with Crippen LogP contribution in [0, 0.1) is 11.8 Å². The number of unbranched alkanes of at least 4 members (excludes halogenated alkanes) is 28. The second-order valence-electron chi connectivity index (χ2n) is 22.6. The minimum absolute atomic E-state index is 0.102. The first-order chi connectivity index (χ1) is 38.4. The van der Waals surface area contributed by atoms with Crippen LogP contribution in [0.5, 0.6) is 0 Å². The number of carbonyl (C=O) groups is 4. The maximum absolute atomic E-state index is 12.9. The van der Waals surface area contributed by atoms with Crippen LogP contribution in [-0.2, 0) is 65.4 Å². The molecular weight excluding hydrogens is 1070 g/mol. The predicted octanol–water partition coefficient (Wildman–Crippen LogP) is 16.5. The van der Waals surface area contributed by atoms with E-state index in [2.05, 4.69) is 41.5 Å². The largest absolute Gasteiger partial charge is 0.472 e. The van der Waals surface area contributed by atoms with Gasteiger partial charge in [0.1, 0.15) is 19.3 Å². The molecule has 0 saturated carbocycles. The Morgan fingerprint density at radius 1 is 0.350 bits per heavy atom. The summed E-state index contributed by atoms with van der Waals surface area (Å²) in [5.74, 6) is -0.540. The molecule has 7 atom stereocenters. The molecule has 0 radical (unpaired) electrons. The molecule has 0 aromatic rings.